The third-order valence-electron chi connectivity index (χ3n) is 4.59. The molecule has 1 atom stereocenters. The van der Waals surface area contributed by atoms with E-state index in [4.69, 9.17) is 10.5 Å². The number of carbonyl (C=O) groups excluding carboxylic acids is 1. The average molecular weight is 402 g/mol. The van der Waals surface area contributed by atoms with Crippen LogP contribution >= 0.6 is 0 Å². The van der Waals surface area contributed by atoms with Gasteiger partial charge in [-0.1, -0.05) is 13.3 Å². The Bertz CT molecular complexity index is 904. The quantitative estimate of drug-likeness (QED) is 0.587. The Labute approximate surface area is 157 Å². The van der Waals surface area contributed by atoms with Crippen LogP contribution in [0.25, 0.3) is 0 Å². The molecule has 10 nitrogen and oxygen atoms in total. The van der Waals surface area contributed by atoms with Crippen molar-refractivity contribution in [3.05, 3.63) is 20.8 Å². The number of sulfone groups is 1. The van der Waals surface area contributed by atoms with Crippen LogP contribution in [0.15, 0.2) is 9.59 Å². The highest BCUT2D eigenvalue weighted by Crippen LogP contribution is 2.25. The summed E-state index contributed by atoms with van der Waals surface area (Å²) in [6, 6.07) is 0. The van der Waals surface area contributed by atoms with Gasteiger partial charge in [0.1, 0.15) is 5.82 Å². The number of nitrogen functional groups attached to an aromatic ring is 1. The van der Waals surface area contributed by atoms with Gasteiger partial charge < -0.3 is 15.4 Å². The lowest BCUT2D eigenvalue weighted by Gasteiger charge is -2.26. The van der Waals surface area contributed by atoms with Gasteiger partial charge in [0.2, 0.25) is 5.91 Å². The molecular weight excluding hydrogens is 376 g/mol. The number of nitrogens with two attached hydrogens (primary N) is 1. The molecule has 0 spiro atoms. The molecule has 0 aromatic carbocycles. The van der Waals surface area contributed by atoms with Crippen LogP contribution in [-0.2, 0) is 25.9 Å². The van der Waals surface area contributed by atoms with Gasteiger partial charge in [-0.2, -0.15) is 0 Å². The summed E-state index contributed by atoms with van der Waals surface area (Å²) >= 11 is 0. The van der Waals surface area contributed by atoms with Gasteiger partial charge in [0.15, 0.2) is 15.5 Å². The zero-order chi connectivity index (χ0) is 20.2. The van der Waals surface area contributed by atoms with Crippen molar-refractivity contribution < 1.29 is 17.9 Å². The van der Waals surface area contributed by atoms with E-state index in [0.29, 0.717) is 13.0 Å². The van der Waals surface area contributed by atoms with E-state index in [-0.39, 0.29) is 42.6 Å². The third-order valence-corrected chi connectivity index (χ3v) is 6.35. The number of ether oxygens (including phenoxy) is 1. The number of hydrogen-bond donors (Lipinski definition) is 2. The van der Waals surface area contributed by atoms with Gasteiger partial charge in [0.05, 0.1) is 24.0 Å². The van der Waals surface area contributed by atoms with Crippen LogP contribution in [0, 0.1) is 5.92 Å². The zero-order valence-electron chi connectivity index (χ0n) is 15.6. The fourth-order valence-electron chi connectivity index (χ4n) is 3.10. The van der Waals surface area contributed by atoms with Crippen LogP contribution in [-0.4, -0.2) is 55.6 Å². The second kappa shape index (κ2) is 8.70. The minimum atomic E-state index is -3.27. The standard InChI is InChI=1S/C16H26N4O6S/c1-3-4-6-20-13(17)12(14(21)18-16(20)23)19(7-8-26-2)15(22)11-5-9-27(24,25)10-11/h11H,3-10,17H2,1-2H3,(H,18,21,23)/t11-/m1/s1. The minimum Gasteiger partial charge on any atom is -0.383 e. The van der Waals surface area contributed by atoms with Crippen LogP contribution in [0.1, 0.15) is 26.2 Å². The van der Waals surface area contributed by atoms with E-state index in [1.54, 1.807) is 0 Å². The molecule has 1 aliphatic heterocycles. The van der Waals surface area contributed by atoms with E-state index in [1.807, 2.05) is 6.92 Å². The Morgan fingerprint density at radius 3 is 2.67 bits per heavy atom. The molecule has 1 aliphatic rings. The monoisotopic (exact) mass is 402 g/mol. The van der Waals surface area contributed by atoms with Crippen molar-refractivity contribution in [1.29, 1.82) is 0 Å². The topological polar surface area (TPSA) is 145 Å². The Hall–Kier alpha value is -2.14. The third kappa shape index (κ3) is 4.78. The van der Waals surface area contributed by atoms with Crippen molar-refractivity contribution in [2.75, 3.05) is 42.4 Å². The SMILES string of the molecule is CCCCn1c(N)c(N(CCOC)C(=O)[C@@H]2CCS(=O)(=O)C2)c(=O)[nH]c1=O. The van der Waals surface area contributed by atoms with Gasteiger partial charge in [-0.3, -0.25) is 19.1 Å². The van der Waals surface area contributed by atoms with Crippen LogP contribution in [0.3, 0.4) is 0 Å². The molecule has 3 N–H and O–H groups in total. The minimum absolute atomic E-state index is 0.0190. The zero-order valence-corrected chi connectivity index (χ0v) is 16.4. The first-order valence-corrected chi connectivity index (χ1v) is 10.7. The number of H-pyrrole nitrogens is 1. The van der Waals surface area contributed by atoms with Gasteiger partial charge in [0.25, 0.3) is 5.56 Å². The summed E-state index contributed by atoms with van der Waals surface area (Å²) in [6.07, 6.45) is 1.67. The Morgan fingerprint density at radius 1 is 1.41 bits per heavy atom. The molecule has 2 rings (SSSR count). The molecule has 2 heterocycles. The summed E-state index contributed by atoms with van der Waals surface area (Å²) in [6.45, 7) is 2.39. The van der Waals surface area contributed by atoms with E-state index >= 15 is 0 Å². The molecule has 0 radical (unpaired) electrons. The van der Waals surface area contributed by atoms with Crippen molar-refractivity contribution in [2.45, 2.75) is 32.7 Å². The second-order valence-electron chi connectivity index (χ2n) is 6.58. The first-order chi connectivity index (χ1) is 12.7. The number of rotatable bonds is 8. The molecule has 1 saturated heterocycles. The second-order valence-corrected chi connectivity index (χ2v) is 8.81. The molecule has 0 aliphatic carbocycles. The molecule has 152 valence electrons. The lowest BCUT2D eigenvalue weighted by Crippen LogP contribution is -2.45. The number of methoxy groups -OCH3 is 1. The Kier molecular flexibility index (Phi) is 6.82. The molecule has 27 heavy (non-hydrogen) atoms. The maximum Gasteiger partial charge on any atom is 0.330 e. The van der Waals surface area contributed by atoms with E-state index < -0.39 is 32.9 Å². The average Bonchev–Trinajstić information content (AvgIpc) is 2.96. The van der Waals surface area contributed by atoms with Gasteiger partial charge in [0, 0.05) is 20.2 Å². The number of nitrogens with zero attached hydrogens (tertiary/aromatic N) is 2. The van der Waals surface area contributed by atoms with E-state index in [0.717, 1.165) is 11.3 Å². The summed E-state index contributed by atoms with van der Waals surface area (Å²) in [5, 5.41) is 0. The number of nitrogens with one attached hydrogen (secondary N) is 1. The van der Waals surface area contributed by atoms with Crippen molar-refractivity contribution >= 4 is 27.2 Å². The highest BCUT2D eigenvalue weighted by atomic mass is 32.2. The van der Waals surface area contributed by atoms with Crippen molar-refractivity contribution in [2.24, 2.45) is 5.92 Å². The van der Waals surface area contributed by atoms with E-state index in [9.17, 15) is 22.8 Å². The molecule has 1 aromatic rings. The Balaban J connectivity index is 2.48. The van der Waals surface area contributed by atoms with Gasteiger partial charge >= 0.3 is 5.69 Å². The predicted octanol–water partition coefficient (Wildman–Crippen LogP) is -0.667. The Morgan fingerprint density at radius 2 is 2.11 bits per heavy atom. The number of hydrogen-bond acceptors (Lipinski definition) is 7. The number of anilines is 2. The van der Waals surface area contributed by atoms with Crippen LogP contribution in [0.4, 0.5) is 11.5 Å². The number of aromatic amines is 1. The van der Waals surface area contributed by atoms with Crippen LogP contribution in [0.2, 0.25) is 0 Å². The smallest absolute Gasteiger partial charge is 0.330 e. The summed E-state index contributed by atoms with van der Waals surface area (Å²) in [5.41, 5.74) is 4.51. The molecule has 0 saturated carbocycles. The first kappa shape index (κ1) is 21.2. The molecule has 1 amide bonds. The van der Waals surface area contributed by atoms with Crippen LogP contribution < -0.4 is 21.9 Å². The fourth-order valence-corrected chi connectivity index (χ4v) is 4.83. The maximum absolute atomic E-state index is 13.0. The number of carbonyl (C=O) groups is 1. The summed E-state index contributed by atoms with van der Waals surface area (Å²) in [5.74, 6) is -1.69. The normalized spacial score (nSPS) is 18.5. The van der Waals surface area contributed by atoms with Crippen molar-refractivity contribution in [3.63, 3.8) is 0 Å². The van der Waals surface area contributed by atoms with Crippen molar-refractivity contribution in [3.8, 4) is 0 Å². The van der Waals surface area contributed by atoms with E-state index in [1.165, 1.54) is 11.7 Å². The molecule has 0 unspecified atom stereocenters. The van der Waals surface area contributed by atoms with Crippen LogP contribution in [0.5, 0.6) is 0 Å². The predicted molar refractivity (Wildman–Crippen MR) is 102 cm³/mol. The largest absolute Gasteiger partial charge is 0.383 e. The first-order valence-electron chi connectivity index (χ1n) is 8.85. The molecule has 0 bridgehead atoms. The van der Waals surface area contributed by atoms with E-state index in [2.05, 4.69) is 4.98 Å². The lowest BCUT2D eigenvalue weighted by atomic mass is 10.1. The van der Waals surface area contributed by atoms with Gasteiger partial charge in [-0.05, 0) is 12.8 Å². The fraction of sp³-hybridized carbons (Fsp3) is 0.688. The van der Waals surface area contributed by atoms with Gasteiger partial charge in [-0.25, -0.2) is 13.2 Å². The summed E-state index contributed by atoms with van der Waals surface area (Å²) in [7, 11) is -1.83. The molecule has 1 aromatic heterocycles. The highest BCUT2D eigenvalue weighted by molar-refractivity contribution is 7.91. The van der Waals surface area contributed by atoms with Gasteiger partial charge in [-0.15, -0.1) is 0 Å². The maximum atomic E-state index is 13.0. The summed E-state index contributed by atoms with van der Waals surface area (Å²) < 4.78 is 29.7. The lowest BCUT2D eigenvalue weighted by molar-refractivity contribution is -0.121. The number of amides is 1. The molecular formula is C16H26N4O6S. The van der Waals surface area contributed by atoms with Crippen molar-refractivity contribution in [1.82, 2.24) is 9.55 Å². The number of unbranched alkanes of at least 4 members (excludes halogenated alkanes) is 1. The molecule has 11 heteroatoms. The highest BCUT2D eigenvalue weighted by Gasteiger charge is 2.37. The molecule has 1 fully saturated rings. The number of aromatic nitrogens is 2. The summed E-state index contributed by atoms with van der Waals surface area (Å²) in [4.78, 5) is 40.8.